The molecule has 0 spiro atoms. The summed E-state index contributed by atoms with van der Waals surface area (Å²) in [5, 5.41) is 21.1. The number of carboxylic acid groups (broad SMARTS) is 2. The van der Waals surface area contributed by atoms with E-state index in [1.165, 1.54) is 10.3 Å². The van der Waals surface area contributed by atoms with Crippen LogP contribution in [0.25, 0.3) is 15.9 Å². The molecule has 1 saturated heterocycles. The van der Waals surface area contributed by atoms with E-state index in [9.17, 15) is 9.59 Å². The predicted molar refractivity (Wildman–Crippen MR) is 100 cm³/mol. The highest BCUT2D eigenvalue weighted by molar-refractivity contribution is 7.16. The standard InChI is InChI=1S/C13H14N4S.C4H4O4/c1-2-11-12(16-7-4-14-5-8-16)15-10-3-9-18-13(10)17(11)6-1;5-3(6)1-2-4(7)8/h1-3,6,9,14H,4-5,7-8H2;1-2H,(H,5,6)(H,7,8). The molecule has 0 aliphatic carbocycles. The van der Waals surface area contributed by atoms with Gasteiger partial charge in [-0.05, 0) is 23.6 Å². The first-order chi connectivity index (χ1) is 12.6. The second-order valence-corrected chi connectivity index (χ2v) is 6.45. The van der Waals surface area contributed by atoms with Gasteiger partial charge in [-0.3, -0.25) is 0 Å². The minimum absolute atomic E-state index is 0.558. The van der Waals surface area contributed by atoms with Crippen molar-refractivity contribution in [2.24, 2.45) is 0 Å². The van der Waals surface area contributed by atoms with Crippen molar-refractivity contribution in [2.45, 2.75) is 0 Å². The third kappa shape index (κ3) is 4.01. The zero-order valence-electron chi connectivity index (χ0n) is 13.8. The van der Waals surface area contributed by atoms with Crippen LogP contribution in [0.5, 0.6) is 0 Å². The van der Waals surface area contributed by atoms with Gasteiger partial charge in [0.15, 0.2) is 5.82 Å². The molecule has 0 unspecified atom stereocenters. The predicted octanol–water partition coefficient (Wildman–Crippen LogP) is 1.67. The van der Waals surface area contributed by atoms with Crippen molar-refractivity contribution >= 4 is 45.0 Å². The first-order valence-electron chi connectivity index (χ1n) is 8.00. The number of aliphatic carboxylic acids is 2. The van der Waals surface area contributed by atoms with Crippen molar-refractivity contribution in [3.8, 4) is 0 Å². The number of hydrogen-bond acceptors (Lipinski definition) is 6. The minimum atomic E-state index is -1.26. The van der Waals surface area contributed by atoms with E-state index in [-0.39, 0.29) is 0 Å². The molecule has 3 aromatic rings. The van der Waals surface area contributed by atoms with Crippen LogP contribution in [-0.2, 0) is 9.59 Å². The summed E-state index contributed by atoms with van der Waals surface area (Å²) in [6, 6.07) is 6.36. The Hall–Kier alpha value is -2.91. The minimum Gasteiger partial charge on any atom is -0.478 e. The lowest BCUT2D eigenvalue weighted by atomic mass is 10.3. The van der Waals surface area contributed by atoms with E-state index < -0.39 is 11.9 Å². The fourth-order valence-electron chi connectivity index (χ4n) is 2.72. The Kier molecular flexibility index (Phi) is 5.49. The lowest BCUT2D eigenvalue weighted by molar-refractivity contribution is -0.134. The van der Waals surface area contributed by atoms with Crippen molar-refractivity contribution in [2.75, 3.05) is 31.1 Å². The highest BCUT2D eigenvalue weighted by Crippen LogP contribution is 2.28. The quantitative estimate of drug-likeness (QED) is 0.599. The van der Waals surface area contributed by atoms with Crippen molar-refractivity contribution in [1.29, 1.82) is 0 Å². The molecule has 0 saturated carbocycles. The molecule has 9 heteroatoms. The van der Waals surface area contributed by atoms with Crippen LogP contribution in [0.4, 0.5) is 5.82 Å². The van der Waals surface area contributed by atoms with Crippen LogP contribution in [0.15, 0.2) is 41.9 Å². The molecule has 136 valence electrons. The molecule has 1 aliphatic rings. The molecule has 8 nitrogen and oxygen atoms in total. The van der Waals surface area contributed by atoms with Gasteiger partial charge in [-0.15, -0.1) is 11.3 Å². The first kappa shape index (κ1) is 17.9. The summed E-state index contributed by atoms with van der Waals surface area (Å²) >= 11 is 1.75. The van der Waals surface area contributed by atoms with Gasteiger partial charge in [-0.25, -0.2) is 14.6 Å². The van der Waals surface area contributed by atoms with Gasteiger partial charge in [0.1, 0.15) is 10.3 Å². The number of aromatic nitrogens is 2. The molecule has 0 radical (unpaired) electrons. The number of fused-ring (bicyclic) bond motifs is 3. The van der Waals surface area contributed by atoms with Crippen molar-refractivity contribution in [1.82, 2.24) is 14.7 Å². The summed E-state index contributed by atoms with van der Waals surface area (Å²) in [5.74, 6) is -1.40. The Labute approximate surface area is 153 Å². The van der Waals surface area contributed by atoms with E-state index >= 15 is 0 Å². The van der Waals surface area contributed by atoms with Crippen LogP contribution in [0, 0.1) is 0 Å². The summed E-state index contributed by atoms with van der Waals surface area (Å²) in [7, 11) is 0. The number of carboxylic acids is 2. The fraction of sp³-hybridized carbons (Fsp3) is 0.235. The Bertz CT molecular complexity index is 940. The number of carbonyl (C=O) groups is 2. The second kappa shape index (κ2) is 7.98. The van der Waals surface area contributed by atoms with Crippen LogP contribution in [-0.4, -0.2) is 57.7 Å². The summed E-state index contributed by atoms with van der Waals surface area (Å²) in [6.45, 7) is 4.14. The van der Waals surface area contributed by atoms with E-state index in [2.05, 4.69) is 44.4 Å². The van der Waals surface area contributed by atoms with E-state index in [1.807, 2.05) is 0 Å². The third-order valence-corrected chi connectivity index (χ3v) is 4.73. The Morgan fingerprint density at radius 2 is 1.85 bits per heavy atom. The van der Waals surface area contributed by atoms with Crippen molar-refractivity contribution in [3.05, 3.63) is 41.9 Å². The molecule has 4 rings (SSSR count). The number of hydrogen-bond donors (Lipinski definition) is 3. The van der Waals surface area contributed by atoms with Gasteiger partial charge in [0, 0.05) is 44.5 Å². The molecule has 4 heterocycles. The highest BCUT2D eigenvalue weighted by Gasteiger charge is 2.16. The molecule has 3 N–H and O–H groups in total. The number of rotatable bonds is 3. The van der Waals surface area contributed by atoms with Gasteiger partial charge in [0.25, 0.3) is 0 Å². The van der Waals surface area contributed by atoms with Crippen LogP contribution in [0.2, 0.25) is 0 Å². The molecule has 0 atom stereocenters. The zero-order valence-corrected chi connectivity index (χ0v) is 14.6. The zero-order chi connectivity index (χ0) is 18.5. The topological polar surface area (TPSA) is 107 Å². The lowest BCUT2D eigenvalue weighted by Gasteiger charge is -2.29. The third-order valence-electron chi connectivity index (χ3n) is 3.83. The van der Waals surface area contributed by atoms with Crippen molar-refractivity contribution < 1.29 is 19.8 Å². The van der Waals surface area contributed by atoms with Gasteiger partial charge in [-0.1, -0.05) is 0 Å². The van der Waals surface area contributed by atoms with Gasteiger partial charge in [0.2, 0.25) is 0 Å². The van der Waals surface area contributed by atoms with Crippen LogP contribution < -0.4 is 10.2 Å². The maximum Gasteiger partial charge on any atom is 0.328 e. The summed E-state index contributed by atoms with van der Waals surface area (Å²) in [6.07, 6.45) is 3.24. The van der Waals surface area contributed by atoms with E-state index in [4.69, 9.17) is 15.2 Å². The Balaban J connectivity index is 0.000000211. The largest absolute Gasteiger partial charge is 0.478 e. The Morgan fingerprint density at radius 3 is 2.50 bits per heavy atom. The highest BCUT2D eigenvalue weighted by atomic mass is 32.1. The maximum absolute atomic E-state index is 9.55. The first-order valence-corrected chi connectivity index (χ1v) is 8.88. The number of thiophene rings is 1. The van der Waals surface area contributed by atoms with Crippen molar-refractivity contribution in [3.63, 3.8) is 0 Å². The van der Waals surface area contributed by atoms with E-state index in [0.717, 1.165) is 37.5 Å². The molecule has 0 aromatic carbocycles. The molecular weight excluding hydrogens is 356 g/mol. The second-order valence-electron chi connectivity index (χ2n) is 5.56. The van der Waals surface area contributed by atoms with Gasteiger partial charge >= 0.3 is 11.9 Å². The van der Waals surface area contributed by atoms with Gasteiger partial charge in [-0.2, -0.15) is 0 Å². The summed E-state index contributed by atoms with van der Waals surface area (Å²) in [4.78, 5) is 27.6. The summed E-state index contributed by atoms with van der Waals surface area (Å²) < 4.78 is 2.25. The molecule has 26 heavy (non-hydrogen) atoms. The SMILES string of the molecule is O=C(O)C=CC(=O)O.c1cc2c(N3CCNCC3)nc3ccsc3n2c1. The smallest absolute Gasteiger partial charge is 0.328 e. The lowest BCUT2D eigenvalue weighted by Crippen LogP contribution is -2.44. The molecule has 0 amide bonds. The number of nitrogens with zero attached hydrogens (tertiary/aromatic N) is 3. The maximum atomic E-state index is 9.55. The number of nitrogens with one attached hydrogen (secondary N) is 1. The van der Waals surface area contributed by atoms with Crippen LogP contribution in [0.1, 0.15) is 0 Å². The number of piperazine rings is 1. The molecule has 1 fully saturated rings. The molecular formula is C17H18N4O4S. The van der Waals surface area contributed by atoms with Gasteiger partial charge < -0.3 is 24.8 Å². The van der Waals surface area contributed by atoms with E-state index in [1.54, 1.807) is 11.3 Å². The molecule has 3 aromatic heterocycles. The fourth-order valence-corrected chi connectivity index (χ4v) is 3.56. The van der Waals surface area contributed by atoms with Crippen LogP contribution in [0.3, 0.4) is 0 Å². The monoisotopic (exact) mass is 374 g/mol. The summed E-state index contributed by atoms with van der Waals surface area (Å²) in [5.41, 5.74) is 2.31. The molecule has 1 aliphatic heterocycles. The average molecular weight is 374 g/mol. The molecule has 0 bridgehead atoms. The number of anilines is 1. The Morgan fingerprint density at radius 1 is 1.15 bits per heavy atom. The average Bonchev–Trinajstić information content (AvgIpc) is 3.29. The van der Waals surface area contributed by atoms with Crippen LogP contribution >= 0.6 is 11.3 Å². The van der Waals surface area contributed by atoms with E-state index in [0.29, 0.717) is 12.2 Å². The van der Waals surface area contributed by atoms with Gasteiger partial charge in [0.05, 0.1) is 5.52 Å². The normalized spacial score (nSPS) is 14.5.